The van der Waals surface area contributed by atoms with Crippen molar-refractivity contribution in [3.8, 4) is 0 Å². The molecule has 1 unspecified atom stereocenters. The first kappa shape index (κ1) is 20.7. The number of hydrogen-bond donors (Lipinski definition) is 0. The van der Waals surface area contributed by atoms with Gasteiger partial charge in [0.15, 0.2) is 5.13 Å². The predicted octanol–water partition coefficient (Wildman–Crippen LogP) is 4.96. The van der Waals surface area contributed by atoms with Gasteiger partial charge < -0.3 is 14.5 Å². The minimum atomic E-state index is -0.491. The first-order chi connectivity index (χ1) is 13.4. The van der Waals surface area contributed by atoms with Gasteiger partial charge in [-0.2, -0.15) is 0 Å². The minimum Gasteiger partial charge on any atom is -0.444 e. The second-order valence-corrected chi connectivity index (χ2v) is 9.76. The number of ether oxygens (including phenoxy) is 1. The monoisotopic (exact) mass is 406 g/mol. The SMILES string of the molecule is CC(C)(C)OC(=O)N(CC1CCC1)C1CCCN(c2ncc(CN=[N+]=[N-])s2)C1. The molecule has 0 aromatic carbocycles. The molecule has 0 spiro atoms. The highest BCUT2D eigenvalue weighted by Gasteiger charge is 2.35. The number of amides is 1. The lowest BCUT2D eigenvalue weighted by molar-refractivity contribution is 0.00736. The topological polar surface area (TPSA) is 94.4 Å². The molecule has 2 heterocycles. The molecular formula is C19H30N6O2S. The lowest BCUT2D eigenvalue weighted by Gasteiger charge is -2.42. The van der Waals surface area contributed by atoms with E-state index in [4.69, 9.17) is 10.3 Å². The maximum Gasteiger partial charge on any atom is 0.410 e. The Bertz CT molecular complexity index is 720. The lowest BCUT2D eigenvalue weighted by Crippen LogP contribution is -2.53. The average molecular weight is 407 g/mol. The third-order valence-electron chi connectivity index (χ3n) is 5.25. The molecule has 1 aliphatic carbocycles. The molecule has 0 radical (unpaired) electrons. The molecule has 1 saturated heterocycles. The number of nitrogens with zero attached hydrogens (tertiary/aromatic N) is 6. The van der Waals surface area contributed by atoms with E-state index in [1.807, 2.05) is 25.7 Å². The van der Waals surface area contributed by atoms with Crippen molar-refractivity contribution >= 4 is 22.6 Å². The summed E-state index contributed by atoms with van der Waals surface area (Å²) in [5, 5.41) is 4.54. The van der Waals surface area contributed by atoms with Crippen LogP contribution in [-0.2, 0) is 11.3 Å². The molecule has 1 atom stereocenters. The quantitative estimate of drug-likeness (QED) is 0.379. The zero-order valence-electron chi connectivity index (χ0n) is 17.0. The van der Waals surface area contributed by atoms with Crippen LogP contribution in [0.25, 0.3) is 10.4 Å². The number of thiazole rings is 1. The van der Waals surface area contributed by atoms with Crippen LogP contribution in [0, 0.1) is 5.92 Å². The van der Waals surface area contributed by atoms with Gasteiger partial charge in [-0.3, -0.25) is 0 Å². The van der Waals surface area contributed by atoms with Crippen molar-refractivity contribution in [1.82, 2.24) is 9.88 Å². The van der Waals surface area contributed by atoms with E-state index < -0.39 is 5.60 Å². The summed E-state index contributed by atoms with van der Waals surface area (Å²) in [5.41, 5.74) is 8.00. The zero-order chi connectivity index (χ0) is 20.1. The Morgan fingerprint density at radius 2 is 2.21 bits per heavy atom. The van der Waals surface area contributed by atoms with Crippen LogP contribution in [0.2, 0.25) is 0 Å². The maximum absolute atomic E-state index is 12.9. The fourth-order valence-electron chi connectivity index (χ4n) is 3.65. The van der Waals surface area contributed by atoms with E-state index in [9.17, 15) is 4.79 Å². The summed E-state index contributed by atoms with van der Waals surface area (Å²) in [6, 6.07) is 0.133. The molecule has 1 aliphatic heterocycles. The normalized spacial score (nSPS) is 20.2. The Morgan fingerprint density at radius 1 is 1.43 bits per heavy atom. The highest BCUT2D eigenvalue weighted by atomic mass is 32.1. The molecule has 0 N–H and O–H groups in total. The molecular weight excluding hydrogens is 376 g/mol. The molecule has 28 heavy (non-hydrogen) atoms. The lowest BCUT2D eigenvalue weighted by atomic mass is 9.84. The summed E-state index contributed by atoms with van der Waals surface area (Å²) in [6.07, 6.45) is 7.24. The fraction of sp³-hybridized carbons (Fsp3) is 0.789. The number of azide groups is 1. The van der Waals surface area contributed by atoms with E-state index in [-0.39, 0.29) is 12.1 Å². The van der Waals surface area contributed by atoms with Crippen LogP contribution in [0.5, 0.6) is 0 Å². The fourth-order valence-corrected chi connectivity index (χ4v) is 4.51. The van der Waals surface area contributed by atoms with Crippen molar-refractivity contribution < 1.29 is 9.53 Å². The summed E-state index contributed by atoms with van der Waals surface area (Å²) in [6.45, 7) is 8.56. The average Bonchev–Trinajstić information content (AvgIpc) is 3.06. The number of hydrogen-bond acceptors (Lipinski definition) is 6. The van der Waals surface area contributed by atoms with Gasteiger partial charge in [0.1, 0.15) is 5.60 Å². The van der Waals surface area contributed by atoms with Crippen LogP contribution < -0.4 is 4.90 Å². The van der Waals surface area contributed by atoms with Crippen molar-refractivity contribution in [1.29, 1.82) is 0 Å². The Morgan fingerprint density at radius 3 is 2.86 bits per heavy atom. The van der Waals surface area contributed by atoms with E-state index in [2.05, 4.69) is 19.9 Å². The van der Waals surface area contributed by atoms with Gasteiger partial charge in [0, 0.05) is 35.6 Å². The number of carbonyl (C=O) groups excluding carboxylic acids is 1. The van der Waals surface area contributed by atoms with Gasteiger partial charge in [-0.25, -0.2) is 9.78 Å². The molecule has 3 rings (SSSR count). The van der Waals surface area contributed by atoms with Crippen molar-refractivity contribution in [2.45, 2.75) is 71.1 Å². The van der Waals surface area contributed by atoms with Gasteiger partial charge in [0.25, 0.3) is 0 Å². The Balaban J connectivity index is 1.69. The number of carbonyl (C=O) groups is 1. The van der Waals surface area contributed by atoms with Crippen molar-refractivity contribution in [3.63, 3.8) is 0 Å². The summed E-state index contributed by atoms with van der Waals surface area (Å²) in [7, 11) is 0. The highest BCUT2D eigenvalue weighted by molar-refractivity contribution is 7.15. The predicted molar refractivity (Wildman–Crippen MR) is 110 cm³/mol. The van der Waals surface area contributed by atoms with Crippen LogP contribution in [0.3, 0.4) is 0 Å². The smallest absolute Gasteiger partial charge is 0.410 e. The number of anilines is 1. The van der Waals surface area contributed by atoms with E-state index in [0.29, 0.717) is 12.5 Å². The Hall–Kier alpha value is -1.99. The summed E-state index contributed by atoms with van der Waals surface area (Å²) in [4.78, 5) is 25.4. The van der Waals surface area contributed by atoms with Crippen LogP contribution in [-0.4, -0.2) is 47.3 Å². The van der Waals surface area contributed by atoms with Gasteiger partial charge >= 0.3 is 6.09 Å². The van der Waals surface area contributed by atoms with Gasteiger partial charge in [-0.15, -0.1) is 11.3 Å². The molecule has 8 nitrogen and oxygen atoms in total. The van der Waals surface area contributed by atoms with Gasteiger partial charge in [-0.1, -0.05) is 11.5 Å². The first-order valence-corrected chi connectivity index (χ1v) is 10.9. The number of piperidine rings is 1. The van der Waals surface area contributed by atoms with E-state index in [0.717, 1.165) is 42.5 Å². The molecule has 9 heteroatoms. The maximum atomic E-state index is 12.9. The Kier molecular flexibility index (Phi) is 6.67. The molecule has 1 saturated carbocycles. The molecule has 154 valence electrons. The van der Waals surface area contributed by atoms with E-state index in [1.54, 1.807) is 17.5 Å². The van der Waals surface area contributed by atoms with E-state index >= 15 is 0 Å². The van der Waals surface area contributed by atoms with E-state index in [1.165, 1.54) is 19.3 Å². The zero-order valence-corrected chi connectivity index (χ0v) is 17.8. The second kappa shape index (κ2) is 9.01. The summed E-state index contributed by atoms with van der Waals surface area (Å²) in [5.74, 6) is 0.596. The summed E-state index contributed by atoms with van der Waals surface area (Å²) >= 11 is 1.56. The third kappa shape index (κ3) is 5.52. The molecule has 0 bridgehead atoms. The van der Waals surface area contributed by atoms with Gasteiger partial charge in [0.05, 0.1) is 12.6 Å². The third-order valence-corrected chi connectivity index (χ3v) is 6.29. The second-order valence-electron chi connectivity index (χ2n) is 8.67. The molecule has 2 fully saturated rings. The Labute approximate surface area is 170 Å². The number of rotatable bonds is 6. The van der Waals surface area contributed by atoms with Crippen LogP contribution in [0.15, 0.2) is 11.3 Å². The van der Waals surface area contributed by atoms with Crippen LogP contribution in [0.1, 0.15) is 57.8 Å². The molecule has 2 aliphatic rings. The van der Waals surface area contributed by atoms with Crippen molar-refractivity contribution in [3.05, 3.63) is 21.5 Å². The van der Waals surface area contributed by atoms with Gasteiger partial charge in [0.2, 0.25) is 0 Å². The van der Waals surface area contributed by atoms with Gasteiger partial charge in [-0.05, 0) is 57.9 Å². The van der Waals surface area contributed by atoms with Crippen molar-refractivity contribution in [2.75, 3.05) is 24.5 Å². The molecule has 1 amide bonds. The number of aromatic nitrogens is 1. The van der Waals surface area contributed by atoms with Crippen molar-refractivity contribution in [2.24, 2.45) is 11.0 Å². The first-order valence-electron chi connectivity index (χ1n) is 10.1. The largest absolute Gasteiger partial charge is 0.444 e. The summed E-state index contributed by atoms with van der Waals surface area (Å²) < 4.78 is 5.72. The highest BCUT2D eigenvalue weighted by Crippen LogP contribution is 2.31. The standard InChI is InChI=1S/C19H30N6O2S/c1-19(2,3)27-18(26)25(12-14-6-4-7-14)15-8-5-9-24(13-15)17-21-10-16(28-17)11-22-23-20/h10,14-15H,4-9,11-13H2,1-3H3. The molecule has 1 aromatic rings. The minimum absolute atomic E-state index is 0.133. The molecule has 1 aromatic heterocycles. The van der Waals surface area contributed by atoms with Crippen LogP contribution in [0.4, 0.5) is 9.93 Å². The van der Waals surface area contributed by atoms with Crippen LogP contribution >= 0.6 is 11.3 Å².